The SMILES string of the molecule is CC(C)(C)c1ccc(Oc2ncccc2Cl)cc1Cl. The maximum atomic E-state index is 6.29. The first-order valence-corrected chi connectivity index (χ1v) is 6.72. The minimum atomic E-state index is -0.00173. The molecule has 0 unspecified atom stereocenters. The first-order valence-electron chi connectivity index (χ1n) is 5.96. The summed E-state index contributed by atoms with van der Waals surface area (Å²) < 4.78 is 5.63. The van der Waals surface area contributed by atoms with Crippen molar-refractivity contribution in [3.8, 4) is 11.6 Å². The molecule has 2 aromatic rings. The van der Waals surface area contributed by atoms with Crippen molar-refractivity contribution < 1.29 is 4.74 Å². The van der Waals surface area contributed by atoms with Gasteiger partial charge in [0, 0.05) is 11.2 Å². The summed E-state index contributed by atoms with van der Waals surface area (Å²) in [6.45, 7) is 6.35. The van der Waals surface area contributed by atoms with Crippen LogP contribution in [0, 0.1) is 0 Å². The Morgan fingerprint density at radius 1 is 1.05 bits per heavy atom. The largest absolute Gasteiger partial charge is 0.437 e. The molecule has 19 heavy (non-hydrogen) atoms. The fourth-order valence-electron chi connectivity index (χ4n) is 1.73. The fraction of sp³-hybridized carbons (Fsp3) is 0.267. The van der Waals surface area contributed by atoms with Crippen LogP contribution >= 0.6 is 23.2 Å². The van der Waals surface area contributed by atoms with Crippen LogP contribution in [0.3, 0.4) is 0 Å². The Labute approximate surface area is 123 Å². The van der Waals surface area contributed by atoms with Crippen LogP contribution in [0.15, 0.2) is 36.5 Å². The molecule has 0 saturated heterocycles. The topological polar surface area (TPSA) is 22.1 Å². The van der Waals surface area contributed by atoms with Gasteiger partial charge in [0.05, 0.1) is 0 Å². The molecule has 0 aliphatic heterocycles. The maximum Gasteiger partial charge on any atom is 0.238 e. The van der Waals surface area contributed by atoms with E-state index in [-0.39, 0.29) is 5.41 Å². The molecule has 0 aliphatic carbocycles. The molecule has 0 N–H and O–H groups in total. The molecule has 2 nitrogen and oxygen atoms in total. The number of nitrogens with zero attached hydrogens (tertiary/aromatic N) is 1. The Bertz CT molecular complexity index is 591. The third-order valence-corrected chi connectivity index (χ3v) is 3.29. The average molecular weight is 296 g/mol. The zero-order valence-electron chi connectivity index (χ0n) is 11.1. The molecule has 0 aliphatic rings. The highest BCUT2D eigenvalue weighted by atomic mass is 35.5. The van der Waals surface area contributed by atoms with Crippen molar-refractivity contribution in [2.24, 2.45) is 0 Å². The van der Waals surface area contributed by atoms with Crippen molar-refractivity contribution in [1.29, 1.82) is 0 Å². The van der Waals surface area contributed by atoms with Crippen LogP contribution in [0.4, 0.5) is 0 Å². The van der Waals surface area contributed by atoms with Crippen LogP contribution in [0.2, 0.25) is 10.0 Å². The molecule has 2 rings (SSSR count). The summed E-state index contributed by atoms with van der Waals surface area (Å²) in [6, 6.07) is 9.11. The summed E-state index contributed by atoms with van der Waals surface area (Å²) in [5.41, 5.74) is 1.08. The van der Waals surface area contributed by atoms with Gasteiger partial charge in [-0.2, -0.15) is 0 Å². The van der Waals surface area contributed by atoms with E-state index in [0.29, 0.717) is 21.7 Å². The Balaban J connectivity index is 2.29. The van der Waals surface area contributed by atoms with Crippen LogP contribution in [0.25, 0.3) is 0 Å². The number of aromatic nitrogens is 1. The molecule has 1 aromatic heterocycles. The van der Waals surface area contributed by atoms with Crippen molar-refractivity contribution in [2.75, 3.05) is 0 Å². The molecule has 4 heteroatoms. The smallest absolute Gasteiger partial charge is 0.238 e. The van der Waals surface area contributed by atoms with Crippen LogP contribution in [0.1, 0.15) is 26.3 Å². The summed E-state index contributed by atoms with van der Waals surface area (Å²) in [4.78, 5) is 4.08. The zero-order valence-corrected chi connectivity index (χ0v) is 12.6. The summed E-state index contributed by atoms with van der Waals surface area (Å²) in [5, 5.41) is 1.15. The van der Waals surface area contributed by atoms with Crippen LogP contribution in [0.5, 0.6) is 11.6 Å². The average Bonchev–Trinajstić information content (AvgIpc) is 2.30. The van der Waals surface area contributed by atoms with Crippen LogP contribution in [-0.4, -0.2) is 4.98 Å². The lowest BCUT2D eigenvalue weighted by molar-refractivity contribution is 0.462. The lowest BCUT2D eigenvalue weighted by atomic mass is 9.87. The molecule has 100 valence electrons. The highest BCUT2D eigenvalue weighted by molar-refractivity contribution is 6.32. The minimum absolute atomic E-state index is 0.00173. The number of hydrogen-bond acceptors (Lipinski definition) is 2. The molecule has 0 saturated carbocycles. The summed E-state index contributed by atoms with van der Waals surface area (Å²) in [7, 11) is 0. The molecular weight excluding hydrogens is 281 g/mol. The predicted molar refractivity (Wildman–Crippen MR) is 79.5 cm³/mol. The number of pyridine rings is 1. The molecule has 1 heterocycles. The van der Waals surface area contributed by atoms with Gasteiger partial charge in [0.15, 0.2) is 0 Å². The highest BCUT2D eigenvalue weighted by Gasteiger charge is 2.17. The van der Waals surface area contributed by atoms with E-state index in [0.717, 1.165) is 5.56 Å². The van der Waals surface area contributed by atoms with Gasteiger partial charge in [-0.15, -0.1) is 0 Å². The molecule has 0 amide bonds. The number of halogens is 2. The van der Waals surface area contributed by atoms with E-state index in [4.69, 9.17) is 27.9 Å². The molecular formula is C15H15Cl2NO. The minimum Gasteiger partial charge on any atom is -0.437 e. The predicted octanol–water partition coefficient (Wildman–Crippen LogP) is 5.48. The van der Waals surface area contributed by atoms with Gasteiger partial charge in [-0.25, -0.2) is 4.98 Å². The second kappa shape index (κ2) is 5.40. The summed E-state index contributed by atoms with van der Waals surface area (Å²) >= 11 is 12.3. The standard InChI is InChI=1S/C15H15Cl2NO/c1-15(2,3)11-7-6-10(9-13(11)17)19-14-12(16)5-4-8-18-14/h4-9H,1-3H3. The summed E-state index contributed by atoms with van der Waals surface area (Å²) in [6.07, 6.45) is 1.63. The zero-order chi connectivity index (χ0) is 14.0. The van der Waals surface area contributed by atoms with Gasteiger partial charge in [0.2, 0.25) is 5.88 Å². The number of benzene rings is 1. The monoisotopic (exact) mass is 295 g/mol. The molecule has 0 radical (unpaired) electrons. The lowest BCUT2D eigenvalue weighted by Gasteiger charge is -2.21. The number of ether oxygens (including phenoxy) is 1. The van der Waals surface area contributed by atoms with E-state index < -0.39 is 0 Å². The second-order valence-corrected chi connectivity index (χ2v) is 6.10. The van der Waals surface area contributed by atoms with Gasteiger partial charge in [0.1, 0.15) is 10.8 Å². The Kier molecular flexibility index (Phi) is 4.02. The van der Waals surface area contributed by atoms with Gasteiger partial charge >= 0.3 is 0 Å². The Morgan fingerprint density at radius 3 is 2.37 bits per heavy atom. The van der Waals surface area contributed by atoms with Crippen molar-refractivity contribution in [3.63, 3.8) is 0 Å². The number of rotatable bonds is 2. The van der Waals surface area contributed by atoms with Gasteiger partial charge in [-0.3, -0.25) is 0 Å². The maximum absolute atomic E-state index is 6.29. The molecule has 1 aromatic carbocycles. The summed E-state index contributed by atoms with van der Waals surface area (Å²) in [5.74, 6) is 1.00. The highest BCUT2D eigenvalue weighted by Crippen LogP contribution is 2.34. The van der Waals surface area contributed by atoms with Gasteiger partial charge in [-0.05, 0) is 35.2 Å². The fourth-order valence-corrected chi connectivity index (χ4v) is 2.34. The molecule has 0 spiro atoms. The molecule has 0 fully saturated rings. The quantitative estimate of drug-likeness (QED) is 0.732. The van der Waals surface area contributed by atoms with E-state index in [2.05, 4.69) is 25.8 Å². The van der Waals surface area contributed by atoms with Crippen LogP contribution < -0.4 is 4.74 Å². The number of hydrogen-bond donors (Lipinski definition) is 0. The van der Waals surface area contributed by atoms with Crippen LogP contribution in [-0.2, 0) is 5.41 Å². The Morgan fingerprint density at radius 2 is 1.79 bits per heavy atom. The van der Waals surface area contributed by atoms with E-state index in [1.165, 1.54) is 0 Å². The molecule has 0 bridgehead atoms. The van der Waals surface area contributed by atoms with Crippen molar-refractivity contribution >= 4 is 23.2 Å². The van der Waals surface area contributed by atoms with Gasteiger partial charge < -0.3 is 4.74 Å². The van der Waals surface area contributed by atoms with Gasteiger partial charge in [-0.1, -0.05) is 50.0 Å². The first kappa shape index (κ1) is 14.2. The molecule has 0 atom stereocenters. The van der Waals surface area contributed by atoms with Crippen molar-refractivity contribution in [2.45, 2.75) is 26.2 Å². The van der Waals surface area contributed by atoms with E-state index in [9.17, 15) is 0 Å². The van der Waals surface area contributed by atoms with E-state index in [1.807, 2.05) is 12.1 Å². The third-order valence-electron chi connectivity index (χ3n) is 2.69. The first-order chi connectivity index (χ1) is 8.88. The third kappa shape index (κ3) is 3.40. The van der Waals surface area contributed by atoms with E-state index >= 15 is 0 Å². The Hall–Kier alpha value is -1.25. The normalized spacial score (nSPS) is 11.4. The van der Waals surface area contributed by atoms with Crippen molar-refractivity contribution in [1.82, 2.24) is 4.98 Å². The van der Waals surface area contributed by atoms with Crippen molar-refractivity contribution in [3.05, 3.63) is 52.1 Å². The van der Waals surface area contributed by atoms with Gasteiger partial charge in [0.25, 0.3) is 0 Å². The second-order valence-electron chi connectivity index (χ2n) is 5.28. The van der Waals surface area contributed by atoms with E-state index in [1.54, 1.807) is 24.4 Å². The lowest BCUT2D eigenvalue weighted by Crippen LogP contribution is -2.11.